The Balaban J connectivity index is 1.05. The summed E-state index contributed by atoms with van der Waals surface area (Å²) in [6.07, 6.45) is 6.75. The van der Waals surface area contributed by atoms with Gasteiger partial charge in [-0.05, 0) is 150 Å². The van der Waals surface area contributed by atoms with Crippen molar-refractivity contribution in [1.82, 2.24) is 4.57 Å². The van der Waals surface area contributed by atoms with Gasteiger partial charge in [-0.1, -0.05) is 140 Å². The first-order valence-corrected chi connectivity index (χ1v) is 20.3. The summed E-state index contributed by atoms with van der Waals surface area (Å²) in [5.74, 6) is 0. The van der Waals surface area contributed by atoms with E-state index in [0.717, 1.165) is 29.9 Å². The zero-order chi connectivity index (χ0) is 38.2. The highest BCUT2D eigenvalue weighted by Gasteiger charge is 2.22. The molecule has 0 amide bonds. The van der Waals surface area contributed by atoms with Crippen LogP contribution in [-0.4, -0.2) is 4.57 Å². The molecule has 0 spiro atoms. The van der Waals surface area contributed by atoms with E-state index in [1.165, 1.54) is 92.8 Å². The van der Waals surface area contributed by atoms with Crippen LogP contribution in [0.1, 0.15) is 17.7 Å². The van der Waals surface area contributed by atoms with Crippen molar-refractivity contribution in [2.45, 2.75) is 12.8 Å². The van der Waals surface area contributed by atoms with Gasteiger partial charge in [0.25, 0.3) is 0 Å². The van der Waals surface area contributed by atoms with E-state index in [9.17, 15) is 0 Å². The fourth-order valence-corrected chi connectivity index (χ4v) is 9.62. The Labute approximate surface area is 337 Å². The van der Waals surface area contributed by atoms with Crippen LogP contribution in [0.25, 0.3) is 87.7 Å². The minimum Gasteiger partial charge on any atom is -0.310 e. The molecule has 2 nitrogen and oxygen atoms in total. The molecule has 1 aliphatic carbocycles. The molecular weight excluding hydrogens is 701 g/mol. The molecular formula is C56H38N2. The number of fused-ring (bicyclic) bond motifs is 11. The summed E-state index contributed by atoms with van der Waals surface area (Å²) in [4.78, 5) is 2.42. The van der Waals surface area contributed by atoms with Crippen molar-refractivity contribution in [2.75, 3.05) is 4.90 Å². The maximum Gasteiger partial charge on any atom is 0.0558 e. The van der Waals surface area contributed by atoms with Crippen LogP contribution in [0, 0.1) is 0 Å². The Hall–Kier alpha value is -7.42. The van der Waals surface area contributed by atoms with Gasteiger partial charge in [0.1, 0.15) is 0 Å². The summed E-state index contributed by atoms with van der Waals surface area (Å²) in [6, 6.07) is 71.7. The Morgan fingerprint density at radius 3 is 1.69 bits per heavy atom. The number of hydrogen-bond acceptors (Lipinski definition) is 1. The smallest absolute Gasteiger partial charge is 0.0558 e. The standard InChI is InChI=1S/C56H38N2/c1-2-14-43(15-3-1)57(45-28-30-51-49-18-7-6-16-47(49)48-17-8-9-19-50(48)54(51)35-45)46-29-31-53-52-20-10-11-21-55(52)58(56(53)36-46)44-27-26-38-23-25-41(33-42(38)34-44)40-24-22-37-12-4-5-13-39(37)32-40/h1-9,11-19,21-36H,10,20H2. The molecule has 12 rings (SSSR count). The van der Waals surface area contributed by atoms with Crippen molar-refractivity contribution >= 4 is 87.9 Å². The number of allylic oxidation sites excluding steroid dienone is 1. The summed E-state index contributed by atoms with van der Waals surface area (Å²) in [7, 11) is 0. The van der Waals surface area contributed by atoms with Crippen LogP contribution in [0.2, 0.25) is 0 Å². The van der Waals surface area contributed by atoms with Crippen LogP contribution in [0.4, 0.5) is 17.1 Å². The predicted molar refractivity (Wildman–Crippen MR) is 248 cm³/mol. The molecule has 0 fully saturated rings. The molecule has 0 radical (unpaired) electrons. The zero-order valence-corrected chi connectivity index (χ0v) is 31.9. The number of aromatic nitrogens is 1. The van der Waals surface area contributed by atoms with Gasteiger partial charge in [0, 0.05) is 33.8 Å². The number of nitrogens with zero attached hydrogens (tertiary/aromatic N) is 2. The van der Waals surface area contributed by atoms with Gasteiger partial charge in [-0.2, -0.15) is 0 Å². The van der Waals surface area contributed by atoms with Gasteiger partial charge in [0.15, 0.2) is 0 Å². The highest BCUT2D eigenvalue weighted by Crippen LogP contribution is 2.43. The van der Waals surface area contributed by atoms with Gasteiger partial charge < -0.3 is 9.47 Å². The quantitative estimate of drug-likeness (QED) is 0.160. The monoisotopic (exact) mass is 738 g/mol. The van der Waals surface area contributed by atoms with Crippen molar-refractivity contribution in [3.8, 4) is 16.8 Å². The first kappa shape index (κ1) is 32.8. The minimum atomic E-state index is 1.03. The lowest BCUT2D eigenvalue weighted by molar-refractivity contribution is 0.968. The van der Waals surface area contributed by atoms with Crippen LogP contribution in [0.15, 0.2) is 200 Å². The van der Waals surface area contributed by atoms with Gasteiger partial charge in [0.2, 0.25) is 0 Å². The second-order valence-corrected chi connectivity index (χ2v) is 15.6. The van der Waals surface area contributed by atoms with Gasteiger partial charge in [-0.15, -0.1) is 0 Å². The lowest BCUT2D eigenvalue weighted by Gasteiger charge is -2.26. The van der Waals surface area contributed by atoms with E-state index in [2.05, 4.69) is 216 Å². The van der Waals surface area contributed by atoms with Crippen LogP contribution in [0.3, 0.4) is 0 Å². The molecule has 0 atom stereocenters. The van der Waals surface area contributed by atoms with Crippen molar-refractivity contribution in [3.63, 3.8) is 0 Å². The second kappa shape index (κ2) is 13.1. The summed E-state index contributed by atoms with van der Waals surface area (Å²) in [5, 5.41) is 14.0. The first-order chi connectivity index (χ1) is 28.7. The topological polar surface area (TPSA) is 8.17 Å². The van der Waals surface area contributed by atoms with Crippen molar-refractivity contribution in [3.05, 3.63) is 211 Å². The third-order valence-electron chi connectivity index (χ3n) is 12.4. The normalized spacial score (nSPS) is 12.6. The van der Waals surface area contributed by atoms with Crippen molar-refractivity contribution < 1.29 is 0 Å². The van der Waals surface area contributed by atoms with Crippen LogP contribution < -0.4 is 4.90 Å². The molecule has 0 N–H and O–H groups in total. The Bertz CT molecular complexity index is 3420. The minimum absolute atomic E-state index is 1.03. The molecule has 0 aliphatic heterocycles. The van der Waals surface area contributed by atoms with Gasteiger partial charge in [-0.3, -0.25) is 0 Å². The van der Waals surface area contributed by atoms with Crippen molar-refractivity contribution in [1.29, 1.82) is 0 Å². The van der Waals surface area contributed by atoms with Crippen LogP contribution in [-0.2, 0) is 6.42 Å². The molecule has 0 unspecified atom stereocenters. The van der Waals surface area contributed by atoms with Gasteiger partial charge >= 0.3 is 0 Å². The number of hydrogen-bond donors (Lipinski definition) is 0. The number of anilines is 3. The van der Waals surface area contributed by atoms with Crippen LogP contribution in [0.5, 0.6) is 0 Å². The molecule has 1 aromatic heterocycles. The molecule has 58 heavy (non-hydrogen) atoms. The SMILES string of the molecule is C1=Cc2c(c3ccc(N(c4ccccc4)c4ccc5c6ccccc6c6ccccc6c5c4)cc3n2-c2ccc3ccc(-c4ccc5ccccc5c4)cc3c2)CC1. The summed E-state index contributed by atoms with van der Waals surface area (Å²) in [5.41, 5.74) is 10.9. The van der Waals surface area contributed by atoms with E-state index in [-0.39, 0.29) is 0 Å². The third-order valence-corrected chi connectivity index (χ3v) is 12.4. The van der Waals surface area contributed by atoms with E-state index in [4.69, 9.17) is 0 Å². The lowest BCUT2D eigenvalue weighted by atomic mass is 9.94. The molecule has 0 saturated heterocycles. The summed E-state index contributed by atoms with van der Waals surface area (Å²) in [6.45, 7) is 0. The van der Waals surface area contributed by atoms with Crippen LogP contribution >= 0.6 is 0 Å². The molecule has 11 aromatic rings. The molecule has 0 saturated carbocycles. The van der Waals surface area contributed by atoms with E-state index in [1.807, 2.05) is 0 Å². The average Bonchev–Trinajstić information content (AvgIpc) is 3.62. The first-order valence-electron chi connectivity index (χ1n) is 20.3. The summed E-state index contributed by atoms with van der Waals surface area (Å²) >= 11 is 0. The molecule has 272 valence electrons. The Kier molecular flexibility index (Phi) is 7.39. The third kappa shape index (κ3) is 5.19. The molecule has 10 aromatic carbocycles. The number of benzene rings is 10. The van der Waals surface area contributed by atoms with E-state index < -0.39 is 0 Å². The van der Waals surface area contributed by atoms with Gasteiger partial charge in [-0.25, -0.2) is 0 Å². The fraction of sp³-hybridized carbons (Fsp3) is 0.0357. The average molecular weight is 739 g/mol. The Morgan fingerprint density at radius 2 is 0.948 bits per heavy atom. The fourth-order valence-electron chi connectivity index (χ4n) is 9.62. The van der Waals surface area contributed by atoms with E-state index in [1.54, 1.807) is 0 Å². The molecule has 0 bridgehead atoms. The second-order valence-electron chi connectivity index (χ2n) is 15.6. The maximum absolute atomic E-state index is 2.50. The highest BCUT2D eigenvalue weighted by atomic mass is 15.1. The molecule has 1 heterocycles. The number of para-hydroxylation sites is 1. The lowest BCUT2D eigenvalue weighted by Crippen LogP contribution is -2.10. The van der Waals surface area contributed by atoms with Crippen molar-refractivity contribution in [2.24, 2.45) is 0 Å². The molecule has 1 aliphatic rings. The largest absolute Gasteiger partial charge is 0.310 e. The van der Waals surface area contributed by atoms with E-state index >= 15 is 0 Å². The maximum atomic E-state index is 2.50. The predicted octanol–water partition coefficient (Wildman–Crippen LogP) is 15.5. The Morgan fingerprint density at radius 1 is 0.379 bits per heavy atom. The highest BCUT2D eigenvalue weighted by molar-refractivity contribution is 6.25. The number of rotatable bonds is 5. The van der Waals surface area contributed by atoms with Gasteiger partial charge in [0.05, 0.1) is 5.52 Å². The van der Waals surface area contributed by atoms with E-state index in [0.29, 0.717) is 0 Å². The summed E-state index contributed by atoms with van der Waals surface area (Å²) < 4.78 is 2.50. The molecule has 2 heteroatoms. The number of aryl methyl sites for hydroxylation is 1. The zero-order valence-electron chi connectivity index (χ0n) is 31.9.